The molecule has 0 aromatic heterocycles. The second kappa shape index (κ2) is 4.59. The van der Waals surface area contributed by atoms with E-state index in [0.29, 0.717) is 25.9 Å². The maximum Gasteiger partial charge on any atom is 0.325 e. The third-order valence-electron chi connectivity index (χ3n) is 3.43. The fraction of sp³-hybridized carbons (Fsp3) is 0.800. The lowest BCUT2D eigenvalue weighted by Crippen LogP contribution is -2.54. The number of hydrazine groups is 1. The molecule has 0 aromatic carbocycles. The van der Waals surface area contributed by atoms with Crippen LogP contribution in [0.1, 0.15) is 19.3 Å². The lowest BCUT2D eigenvalue weighted by Gasteiger charge is -2.34. The Labute approximate surface area is 98.2 Å². The summed E-state index contributed by atoms with van der Waals surface area (Å²) >= 11 is 0. The van der Waals surface area contributed by atoms with Crippen molar-refractivity contribution in [2.24, 2.45) is 0 Å². The van der Waals surface area contributed by atoms with Gasteiger partial charge in [-0.1, -0.05) is 0 Å². The molecule has 96 valence electrons. The summed E-state index contributed by atoms with van der Waals surface area (Å²) in [5.41, 5.74) is 0. The summed E-state index contributed by atoms with van der Waals surface area (Å²) < 4.78 is 0. The highest BCUT2D eigenvalue weighted by Crippen LogP contribution is 2.27. The molecule has 2 aliphatic rings. The van der Waals surface area contributed by atoms with Crippen molar-refractivity contribution in [1.29, 1.82) is 0 Å². The topological polar surface area (TPSA) is 101 Å². The number of aliphatic hydroxyl groups excluding tert-OH is 1. The highest BCUT2D eigenvalue weighted by atomic mass is 16.4. The van der Waals surface area contributed by atoms with Gasteiger partial charge in [0.15, 0.2) is 0 Å². The molecule has 17 heavy (non-hydrogen) atoms. The van der Waals surface area contributed by atoms with Gasteiger partial charge in [0.2, 0.25) is 0 Å². The van der Waals surface area contributed by atoms with Crippen molar-refractivity contribution < 1.29 is 24.9 Å². The average molecular weight is 244 g/mol. The minimum atomic E-state index is -1.11. The van der Waals surface area contributed by atoms with Crippen LogP contribution in [0.2, 0.25) is 0 Å². The molecule has 2 saturated heterocycles. The molecule has 3 atom stereocenters. The maximum atomic E-state index is 11.1. The molecule has 1 unspecified atom stereocenters. The first kappa shape index (κ1) is 12.3. The zero-order chi connectivity index (χ0) is 12.6. The molecule has 2 rings (SSSR count). The molecule has 0 radical (unpaired) electrons. The molecule has 0 bridgehead atoms. The molecule has 0 aliphatic carbocycles. The Balaban J connectivity index is 2.16. The summed E-state index contributed by atoms with van der Waals surface area (Å²) in [6.45, 7) is 0.926. The number of hydrogen-bond acceptors (Lipinski definition) is 5. The van der Waals surface area contributed by atoms with E-state index in [9.17, 15) is 14.7 Å². The molecule has 2 heterocycles. The van der Waals surface area contributed by atoms with Crippen molar-refractivity contribution in [2.75, 3.05) is 13.1 Å². The number of aliphatic carboxylic acids is 2. The van der Waals surface area contributed by atoms with E-state index in [-0.39, 0.29) is 0 Å². The van der Waals surface area contributed by atoms with Crippen LogP contribution in [-0.2, 0) is 9.59 Å². The van der Waals surface area contributed by atoms with Crippen molar-refractivity contribution in [1.82, 2.24) is 10.0 Å². The summed E-state index contributed by atoms with van der Waals surface area (Å²) in [5.74, 6) is -2.04. The zero-order valence-corrected chi connectivity index (χ0v) is 9.32. The van der Waals surface area contributed by atoms with Crippen LogP contribution in [0.15, 0.2) is 0 Å². The number of rotatable bonds is 3. The van der Waals surface area contributed by atoms with E-state index >= 15 is 0 Å². The Morgan fingerprint density at radius 3 is 2.29 bits per heavy atom. The van der Waals surface area contributed by atoms with Crippen LogP contribution < -0.4 is 0 Å². The Hall–Kier alpha value is -1.18. The Bertz CT molecular complexity index is 335. The summed E-state index contributed by atoms with van der Waals surface area (Å²) in [7, 11) is 0. The Morgan fingerprint density at radius 1 is 1.00 bits per heavy atom. The van der Waals surface area contributed by atoms with Crippen LogP contribution in [0.4, 0.5) is 0 Å². The van der Waals surface area contributed by atoms with E-state index in [4.69, 9.17) is 10.2 Å². The lowest BCUT2D eigenvalue weighted by molar-refractivity contribution is -0.163. The molecular formula is C10H16N2O5. The quantitative estimate of drug-likeness (QED) is 0.583. The smallest absolute Gasteiger partial charge is 0.325 e. The number of hydrogen-bond donors (Lipinski definition) is 3. The molecular weight excluding hydrogens is 228 g/mol. The maximum absolute atomic E-state index is 11.1. The van der Waals surface area contributed by atoms with E-state index in [0.717, 1.165) is 6.42 Å². The third kappa shape index (κ3) is 2.13. The van der Waals surface area contributed by atoms with Gasteiger partial charge in [-0.25, -0.2) is 10.0 Å². The average Bonchev–Trinajstić information content (AvgIpc) is 2.82. The number of nitrogens with zero attached hydrogens (tertiary/aromatic N) is 2. The van der Waals surface area contributed by atoms with Crippen molar-refractivity contribution in [3.05, 3.63) is 0 Å². The highest BCUT2D eigenvalue weighted by molar-refractivity contribution is 5.76. The molecule has 7 heteroatoms. The SMILES string of the molecule is O=C(O)[C@@H]1C(O)CCN1N1CCC[C@H]1C(=O)O. The molecule has 7 nitrogen and oxygen atoms in total. The zero-order valence-electron chi connectivity index (χ0n) is 9.32. The number of carbonyl (C=O) groups is 2. The van der Waals surface area contributed by atoms with Gasteiger partial charge in [-0.15, -0.1) is 0 Å². The van der Waals surface area contributed by atoms with Gasteiger partial charge in [0.25, 0.3) is 0 Å². The van der Waals surface area contributed by atoms with Crippen molar-refractivity contribution in [3.63, 3.8) is 0 Å². The second-order valence-electron chi connectivity index (χ2n) is 4.46. The van der Waals surface area contributed by atoms with Crippen LogP contribution in [-0.4, -0.2) is 68.6 Å². The standard InChI is InChI=1S/C10H16N2O5/c13-7-3-5-12(8(7)10(16)17)11-4-1-2-6(11)9(14)15/h6-8,13H,1-5H2,(H,14,15)(H,16,17)/t6-,7?,8-/m0/s1. The fourth-order valence-electron chi connectivity index (χ4n) is 2.65. The Morgan fingerprint density at radius 2 is 1.71 bits per heavy atom. The molecule has 3 N–H and O–H groups in total. The molecule has 2 fully saturated rings. The van der Waals surface area contributed by atoms with Gasteiger partial charge in [0.05, 0.1) is 6.10 Å². The third-order valence-corrected chi connectivity index (χ3v) is 3.43. The number of carboxylic acids is 2. The molecule has 0 aromatic rings. The molecule has 2 aliphatic heterocycles. The van der Waals surface area contributed by atoms with Crippen LogP contribution in [0.5, 0.6) is 0 Å². The predicted molar refractivity (Wildman–Crippen MR) is 56.1 cm³/mol. The van der Waals surface area contributed by atoms with Crippen LogP contribution in [0.25, 0.3) is 0 Å². The first-order chi connectivity index (χ1) is 8.02. The van der Waals surface area contributed by atoms with Crippen molar-refractivity contribution >= 4 is 11.9 Å². The minimum Gasteiger partial charge on any atom is -0.480 e. The fourth-order valence-corrected chi connectivity index (χ4v) is 2.65. The van der Waals surface area contributed by atoms with Gasteiger partial charge in [-0.3, -0.25) is 9.59 Å². The normalized spacial score (nSPS) is 35.2. The highest BCUT2D eigenvalue weighted by Gasteiger charge is 2.45. The van der Waals surface area contributed by atoms with Crippen molar-refractivity contribution in [2.45, 2.75) is 37.5 Å². The molecule has 0 amide bonds. The molecule has 0 spiro atoms. The number of carboxylic acid groups (broad SMARTS) is 2. The first-order valence-corrected chi connectivity index (χ1v) is 5.69. The van der Waals surface area contributed by atoms with Gasteiger partial charge in [0, 0.05) is 13.1 Å². The lowest BCUT2D eigenvalue weighted by atomic mass is 10.2. The molecule has 0 saturated carbocycles. The van der Waals surface area contributed by atoms with Crippen molar-refractivity contribution in [3.8, 4) is 0 Å². The second-order valence-corrected chi connectivity index (χ2v) is 4.46. The largest absolute Gasteiger partial charge is 0.480 e. The van der Waals surface area contributed by atoms with E-state index in [1.54, 1.807) is 5.01 Å². The van der Waals surface area contributed by atoms with E-state index < -0.39 is 30.1 Å². The predicted octanol–water partition coefficient (Wildman–Crippen LogP) is -1.03. The van der Waals surface area contributed by atoms with E-state index in [1.807, 2.05) is 0 Å². The van der Waals surface area contributed by atoms with Gasteiger partial charge < -0.3 is 15.3 Å². The minimum absolute atomic E-state index is 0.361. The van der Waals surface area contributed by atoms with Gasteiger partial charge in [-0.2, -0.15) is 0 Å². The monoisotopic (exact) mass is 244 g/mol. The Kier molecular flexibility index (Phi) is 3.32. The number of aliphatic hydroxyl groups is 1. The summed E-state index contributed by atoms with van der Waals surface area (Å²) in [4.78, 5) is 22.1. The summed E-state index contributed by atoms with van der Waals surface area (Å²) in [5, 5.41) is 30.8. The van der Waals surface area contributed by atoms with Gasteiger partial charge >= 0.3 is 11.9 Å². The van der Waals surface area contributed by atoms with Gasteiger partial charge in [0.1, 0.15) is 12.1 Å². The van der Waals surface area contributed by atoms with Gasteiger partial charge in [-0.05, 0) is 19.3 Å². The van der Waals surface area contributed by atoms with E-state index in [1.165, 1.54) is 5.01 Å². The van der Waals surface area contributed by atoms with E-state index in [2.05, 4.69) is 0 Å². The van der Waals surface area contributed by atoms with Crippen LogP contribution in [0, 0.1) is 0 Å². The first-order valence-electron chi connectivity index (χ1n) is 5.69. The summed E-state index contributed by atoms with van der Waals surface area (Å²) in [6, 6.07) is -1.68. The van der Waals surface area contributed by atoms with Crippen LogP contribution in [0.3, 0.4) is 0 Å². The summed E-state index contributed by atoms with van der Waals surface area (Å²) in [6.07, 6.45) is 0.687. The van der Waals surface area contributed by atoms with Crippen LogP contribution >= 0.6 is 0 Å².